The smallest absolute Gasteiger partial charge is 0.355 e. The van der Waals surface area contributed by atoms with Crippen LogP contribution in [0.4, 0.5) is 17.6 Å². The molecule has 9 nitrogen and oxygen atoms in total. The summed E-state index contributed by atoms with van der Waals surface area (Å²) in [6.45, 7) is 2.97. The van der Waals surface area contributed by atoms with Crippen molar-refractivity contribution in [3.05, 3.63) is 93.3 Å². The van der Waals surface area contributed by atoms with Crippen LogP contribution in [0.15, 0.2) is 59.5 Å². The lowest BCUT2D eigenvalue weighted by molar-refractivity contribution is -0.137. The van der Waals surface area contributed by atoms with Gasteiger partial charge >= 0.3 is 6.18 Å². The Morgan fingerprint density at radius 1 is 1.09 bits per heavy atom. The summed E-state index contributed by atoms with van der Waals surface area (Å²) in [5.74, 6) is -2.63. The fraction of sp³-hybridized carbons (Fsp3) is 0.276. The first kappa shape index (κ1) is 30.0. The van der Waals surface area contributed by atoms with E-state index in [1.807, 2.05) is 4.72 Å². The average molecular weight is 619 g/mol. The fourth-order valence-corrected chi connectivity index (χ4v) is 6.63. The quantitative estimate of drug-likeness (QED) is 0.255. The summed E-state index contributed by atoms with van der Waals surface area (Å²) in [5, 5.41) is 2.29. The number of H-pyrrole nitrogens is 1. The number of hydrogen-bond donors (Lipinski definition) is 3. The summed E-state index contributed by atoms with van der Waals surface area (Å²) in [5.41, 5.74) is -2.13. The van der Waals surface area contributed by atoms with Crippen LogP contribution >= 0.6 is 0 Å². The highest BCUT2D eigenvalue weighted by Crippen LogP contribution is 2.44. The van der Waals surface area contributed by atoms with E-state index in [2.05, 4.69) is 10.3 Å². The van der Waals surface area contributed by atoms with Crippen LogP contribution in [-0.2, 0) is 27.5 Å². The van der Waals surface area contributed by atoms with Crippen molar-refractivity contribution >= 4 is 32.7 Å². The number of sulfonamides is 1. The Bertz CT molecular complexity index is 1940. The number of rotatable bonds is 8. The molecule has 0 aliphatic heterocycles. The zero-order chi connectivity index (χ0) is 31.3. The van der Waals surface area contributed by atoms with Gasteiger partial charge in [-0.3, -0.25) is 14.4 Å². The fourth-order valence-electron chi connectivity index (χ4n) is 5.14. The molecule has 1 aliphatic carbocycles. The van der Waals surface area contributed by atoms with Crippen molar-refractivity contribution in [1.29, 1.82) is 0 Å². The summed E-state index contributed by atoms with van der Waals surface area (Å²) < 4.78 is 84.1. The van der Waals surface area contributed by atoms with E-state index in [0.29, 0.717) is 5.56 Å². The lowest BCUT2D eigenvalue weighted by Crippen LogP contribution is -2.49. The van der Waals surface area contributed by atoms with Gasteiger partial charge in [-0.25, -0.2) is 17.5 Å². The number of fused-ring (bicyclic) bond motifs is 1. The van der Waals surface area contributed by atoms with Gasteiger partial charge in [-0.05, 0) is 74.2 Å². The van der Waals surface area contributed by atoms with Crippen LogP contribution in [0.5, 0.6) is 0 Å². The van der Waals surface area contributed by atoms with Crippen LogP contribution in [0, 0.1) is 12.7 Å². The third-order valence-corrected chi connectivity index (χ3v) is 9.67. The van der Waals surface area contributed by atoms with E-state index in [1.54, 1.807) is 13.0 Å². The molecule has 2 heterocycles. The second kappa shape index (κ2) is 10.7. The Morgan fingerprint density at radius 2 is 1.81 bits per heavy atom. The van der Waals surface area contributed by atoms with Crippen molar-refractivity contribution in [2.45, 2.75) is 44.2 Å². The molecule has 14 heteroatoms. The molecular formula is C29H26F4N4O5S. The van der Waals surface area contributed by atoms with Crippen molar-refractivity contribution in [1.82, 2.24) is 19.6 Å². The average Bonchev–Trinajstić information content (AvgIpc) is 3.70. The van der Waals surface area contributed by atoms with Gasteiger partial charge in [0.05, 0.1) is 5.56 Å². The number of hydrogen-bond acceptors (Lipinski definition) is 5. The second-order valence-electron chi connectivity index (χ2n) is 10.3. The molecule has 2 aromatic carbocycles. The molecule has 0 atom stereocenters. The molecular weight excluding hydrogens is 592 g/mol. The third-order valence-electron chi connectivity index (χ3n) is 7.60. The Morgan fingerprint density at radius 3 is 2.44 bits per heavy atom. The Kier molecular flexibility index (Phi) is 7.45. The molecule has 0 radical (unpaired) electrons. The summed E-state index contributed by atoms with van der Waals surface area (Å²) in [6, 6.07) is 9.54. The molecule has 2 aromatic heterocycles. The molecule has 1 saturated carbocycles. The third kappa shape index (κ3) is 5.19. The number of benzene rings is 2. The highest BCUT2D eigenvalue weighted by Gasteiger charge is 2.61. The van der Waals surface area contributed by atoms with Crippen LogP contribution in [0.25, 0.3) is 22.0 Å². The van der Waals surface area contributed by atoms with Gasteiger partial charge in [0.25, 0.3) is 11.5 Å². The number of amides is 2. The molecule has 3 N–H and O–H groups in total. The molecule has 1 fully saturated rings. The number of aromatic nitrogens is 2. The molecule has 4 aromatic rings. The molecule has 0 spiro atoms. The van der Waals surface area contributed by atoms with Gasteiger partial charge in [-0.1, -0.05) is 12.1 Å². The van der Waals surface area contributed by atoms with Crippen molar-refractivity contribution in [2.24, 2.45) is 0 Å². The van der Waals surface area contributed by atoms with Gasteiger partial charge in [0, 0.05) is 41.3 Å². The van der Waals surface area contributed by atoms with E-state index in [-0.39, 0.29) is 53.5 Å². The van der Waals surface area contributed by atoms with Gasteiger partial charge in [-0.2, -0.15) is 13.2 Å². The predicted molar refractivity (Wildman–Crippen MR) is 150 cm³/mol. The maximum atomic E-state index is 14.5. The van der Waals surface area contributed by atoms with E-state index < -0.39 is 55.4 Å². The lowest BCUT2D eigenvalue weighted by Gasteiger charge is -2.18. The molecule has 1 aliphatic rings. The van der Waals surface area contributed by atoms with Crippen LogP contribution in [0.1, 0.15) is 46.9 Å². The lowest BCUT2D eigenvalue weighted by atomic mass is 10.0. The molecule has 43 heavy (non-hydrogen) atoms. The summed E-state index contributed by atoms with van der Waals surface area (Å²) >= 11 is 0. The van der Waals surface area contributed by atoms with Crippen molar-refractivity contribution in [2.75, 3.05) is 6.54 Å². The van der Waals surface area contributed by atoms with Crippen LogP contribution < -0.4 is 15.6 Å². The summed E-state index contributed by atoms with van der Waals surface area (Å²) in [6.07, 6.45) is -3.59. The first-order valence-corrected chi connectivity index (χ1v) is 14.7. The monoisotopic (exact) mass is 618 g/mol. The molecule has 2 amide bonds. The van der Waals surface area contributed by atoms with Gasteiger partial charge in [0.15, 0.2) is 4.75 Å². The van der Waals surface area contributed by atoms with E-state index in [4.69, 9.17) is 0 Å². The molecule has 5 rings (SSSR count). The number of pyridine rings is 1. The van der Waals surface area contributed by atoms with Crippen molar-refractivity contribution in [3.63, 3.8) is 0 Å². The van der Waals surface area contributed by atoms with Crippen molar-refractivity contribution < 1.29 is 35.6 Å². The number of alkyl halides is 3. The number of nitrogens with zero attached hydrogens (tertiary/aromatic N) is 1. The highest BCUT2D eigenvalue weighted by atomic mass is 32.2. The zero-order valence-corrected chi connectivity index (χ0v) is 23.7. The minimum absolute atomic E-state index is 0.0485. The number of carbonyl (C=O) groups is 2. The molecule has 0 unspecified atom stereocenters. The molecule has 0 saturated heterocycles. The maximum Gasteiger partial charge on any atom is 0.416 e. The predicted octanol–water partition coefficient (Wildman–Crippen LogP) is 4.24. The SMILES string of the molecule is CCNC(=O)C1(S(=O)(=O)NC(=O)c2c(-c3ccc[nH]c3=O)c3cc(C(F)(F)F)ccc3n2Cc2cccc(F)c2C)CC1. The van der Waals surface area contributed by atoms with E-state index >= 15 is 0 Å². The number of aromatic amines is 1. The molecule has 226 valence electrons. The van der Waals surface area contributed by atoms with E-state index in [0.717, 1.165) is 18.2 Å². The van der Waals surface area contributed by atoms with Crippen LogP contribution in [0.3, 0.4) is 0 Å². The first-order chi connectivity index (χ1) is 20.2. The highest BCUT2D eigenvalue weighted by molar-refractivity contribution is 7.92. The minimum Gasteiger partial charge on any atom is -0.355 e. The Labute approximate surface area is 243 Å². The minimum atomic E-state index is -4.79. The van der Waals surface area contributed by atoms with Crippen molar-refractivity contribution in [3.8, 4) is 11.1 Å². The first-order valence-electron chi connectivity index (χ1n) is 13.2. The summed E-state index contributed by atoms with van der Waals surface area (Å²) in [4.78, 5) is 42.0. The molecule has 0 bridgehead atoms. The number of nitrogens with one attached hydrogen (secondary N) is 3. The van der Waals surface area contributed by atoms with Crippen LogP contribution in [0.2, 0.25) is 0 Å². The van der Waals surface area contributed by atoms with Gasteiger partial charge in [0.2, 0.25) is 15.9 Å². The van der Waals surface area contributed by atoms with Gasteiger partial charge in [0.1, 0.15) is 11.5 Å². The largest absolute Gasteiger partial charge is 0.416 e. The van der Waals surface area contributed by atoms with E-state index in [1.165, 1.54) is 42.0 Å². The van der Waals surface area contributed by atoms with E-state index in [9.17, 15) is 40.4 Å². The van der Waals surface area contributed by atoms with Gasteiger partial charge in [-0.15, -0.1) is 0 Å². The maximum absolute atomic E-state index is 14.5. The second-order valence-corrected chi connectivity index (χ2v) is 12.3. The topological polar surface area (TPSA) is 130 Å². The number of halogens is 4. The summed E-state index contributed by atoms with van der Waals surface area (Å²) in [7, 11) is -4.65. The standard InChI is InChI=1S/C29H26F4N4O5S/c1-3-34-27(40)28(11-12-28)43(41,42)36-26(39)24-23(19-7-5-13-35-25(19)38)20-14-18(29(31,32)33)9-10-22(20)37(24)15-17-6-4-8-21(30)16(17)2/h4-10,13-14H,3,11-12,15H2,1-2H3,(H,34,40)(H,35,38)(H,36,39). The Hall–Kier alpha value is -4.46. The number of carbonyl (C=O) groups excluding carboxylic acids is 2. The van der Waals surface area contributed by atoms with Crippen LogP contribution in [-0.4, -0.2) is 41.1 Å². The van der Waals surface area contributed by atoms with Gasteiger partial charge < -0.3 is 14.9 Å². The Balaban J connectivity index is 1.79. The zero-order valence-electron chi connectivity index (χ0n) is 22.9. The normalized spacial score (nSPS) is 14.5.